The molecule has 1 saturated carbocycles. The van der Waals surface area contributed by atoms with E-state index in [0.717, 1.165) is 68.7 Å². The third-order valence-electron chi connectivity index (χ3n) is 5.84. The number of hydrogen-bond acceptors (Lipinski definition) is 4. The van der Waals surface area contributed by atoms with Gasteiger partial charge in [0.2, 0.25) is 5.91 Å². The molecule has 1 amide bonds. The summed E-state index contributed by atoms with van der Waals surface area (Å²) in [4.78, 5) is 12.7. The maximum Gasteiger partial charge on any atom is 0.229 e. The van der Waals surface area contributed by atoms with Crippen molar-refractivity contribution in [3.8, 4) is 5.75 Å². The van der Waals surface area contributed by atoms with Crippen molar-refractivity contribution >= 4 is 24.0 Å². The summed E-state index contributed by atoms with van der Waals surface area (Å²) >= 11 is 0. The van der Waals surface area contributed by atoms with Gasteiger partial charge in [0.15, 0.2) is 0 Å². The average molecular weight is 397 g/mol. The molecule has 0 bridgehead atoms. The van der Waals surface area contributed by atoms with Gasteiger partial charge in [0.25, 0.3) is 0 Å². The standard InChI is InChI=1S/C21H32N2O3.ClH/c1-15-6-7-17(13-19(15)26-14-16-8-11-25-12-9-16)23-20(24)18-5-3-4-10-21(18,2)22;/h6-7,13,16,18H,3-5,8-12,14,22H2,1-2H3,(H,23,24);1H. The van der Waals surface area contributed by atoms with Crippen LogP contribution >= 0.6 is 12.4 Å². The fraction of sp³-hybridized carbons (Fsp3) is 0.667. The lowest BCUT2D eigenvalue weighted by Gasteiger charge is -2.37. The summed E-state index contributed by atoms with van der Waals surface area (Å²) in [7, 11) is 0. The number of rotatable bonds is 5. The van der Waals surface area contributed by atoms with Crippen LogP contribution in [0.4, 0.5) is 5.69 Å². The Morgan fingerprint density at radius 2 is 2.04 bits per heavy atom. The SMILES string of the molecule is Cc1ccc(NC(=O)C2CCCCC2(C)N)cc1OCC1CCOCC1.Cl. The van der Waals surface area contributed by atoms with Crippen molar-refractivity contribution in [3.63, 3.8) is 0 Å². The normalized spacial score (nSPS) is 26.1. The second kappa shape index (κ2) is 9.76. The van der Waals surface area contributed by atoms with Crippen molar-refractivity contribution in [2.75, 3.05) is 25.1 Å². The van der Waals surface area contributed by atoms with Crippen LogP contribution in [0.3, 0.4) is 0 Å². The number of benzene rings is 1. The van der Waals surface area contributed by atoms with Crippen LogP contribution in [0.2, 0.25) is 0 Å². The highest BCUT2D eigenvalue weighted by Gasteiger charge is 2.37. The second-order valence-corrected chi connectivity index (χ2v) is 8.14. The maximum absolute atomic E-state index is 12.7. The van der Waals surface area contributed by atoms with E-state index in [1.54, 1.807) is 0 Å². The quantitative estimate of drug-likeness (QED) is 0.786. The molecule has 6 heteroatoms. The van der Waals surface area contributed by atoms with Crippen LogP contribution in [0.25, 0.3) is 0 Å². The van der Waals surface area contributed by atoms with Gasteiger partial charge in [-0.2, -0.15) is 0 Å². The molecule has 1 saturated heterocycles. The zero-order valence-electron chi connectivity index (χ0n) is 16.5. The summed E-state index contributed by atoms with van der Waals surface area (Å²) in [5, 5.41) is 3.05. The van der Waals surface area contributed by atoms with Gasteiger partial charge in [-0.15, -0.1) is 12.4 Å². The molecule has 2 unspecified atom stereocenters. The highest BCUT2D eigenvalue weighted by Crippen LogP contribution is 2.33. The number of nitrogens with one attached hydrogen (secondary N) is 1. The Bertz CT molecular complexity index is 630. The van der Waals surface area contributed by atoms with Gasteiger partial charge in [-0.1, -0.05) is 18.9 Å². The van der Waals surface area contributed by atoms with E-state index >= 15 is 0 Å². The molecule has 0 radical (unpaired) electrons. The molecule has 1 aliphatic heterocycles. The van der Waals surface area contributed by atoms with Crippen molar-refractivity contribution in [2.24, 2.45) is 17.6 Å². The van der Waals surface area contributed by atoms with Crippen molar-refractivity contribution in [2.45, 2.75) is 57.9 Å². The number of anilines is 1. The molecule has 2 atom stereocenters. The van der Waals surface area contributed by atoms with E-state index in [-0.39, 0.29) is 24.2 Å². The van der Waals surface area contributed by atoms with E-state index in [2.05, 4.69) is 5.32 Å². The third kappa shape index (κ3) is 5.84. The molecule has 2 fully saturated rings. The van der Waals surface area contributed by atoms with E-state index < -0.39 is 5.54 Å². The molecular weight excluding hydrogens is 364 g/mol. The van der Waals surface area contributed by atoms with Crippen LogP contribution in [-0.4, -0.2) is 31.3 Å². The molecule has 1 aromatic rings. The van der Waals surface area contributed by atoms with Crippen molar-refractivity contribution in [1.29, 1.82) is 0 Å². The van der Waals surface area contributed by atoms with Gasteiger partial charge in [0.1, 0.15) is 5.75 Å². The van der Waals surface area contributed by atoms with Gasteiger partial charge >= 0.3 is 0 Å². The Kier molecular flexibility index (Phi) is 7.95. The molecule has 0 aromatic heterocycles. The van der Waals surface area contributed by atoms with Crippen LogP contribution in [0.15, 0.2) is 18.2 Å². The number of aryl methyl sites for hydroxylation is 1. The number of halogens is 1. The number of hydrogen-bond donors (Lipinski definition) is 2. The molecule has 2 aliphatic rings. The molecular formula is C21H33ClN2O3. The predicted molar refractivity (Wildman–Crippen MR) is 111 cm³/mol. The van der Waals surface area contributed by atoms with Crippen LogP contribution < -0.4 is 15.8 Å². The smallest absolute Gasteiger partial charge is 0.229 e. The van der Waals surface area contributed by atoms with Gasteiger partial charge in [-0.25, -0.2) is 0 Å². The Hall–Kier alpha value is -1.30. The van der Waals surface area contributed by atoms with Gasteiger partial charge in [0.05, 0.1) is 12.5 Å². The Labute approximate surface area is 168 Å². The lowest BCUT2D eigenvalue weighted by molar-refractivity contribution is -0.122. The number of carbonyl (C=O) groups excluding carboxylic acids is 1. The first-order valence-corrected chi connectivity index (χ1v) is 9.86. The van der Waals surface area contributed by atoms with Crippen LogP contribution in [0.1, 0.15) is 51.0 Å². The molecule has 0 spiro atoms. The summed E-state index contributed by atoms with van der Waals surface area (Å²) in [6.07, 6.45) is 6.03. The van der Waals surface area contributed by atoms with Crippen molar-refractivity contribution in [3.05, 3.63) is 23.8 Å². The maximum atomic E-state index is 12.7. The fourth-order valence-electron chi connectivity index (χ4n) is 3.97. The molecule has 1 aliphatic carbocycles. The van der Waals surface area contributed by atoms with Crippen LogP contribution in [0.5, 0.6) is 5.75 Å². The monoisotopic (exact) mass is 396 g/mol. The first kappa shape index (κ1) is 22.0. The highest BCUT2D eigenvalue weighted by molar-refractivity contribution is 5.93. The number of carbonyl (C=O) groups is 1. The largest absolute Gasteiger partial charge is 0.493 e. The summed E-state index contributed by atoms with van der Waals surface area (Å²) < 4.78 is 11.5. The lowest BCUT2D eigenvalue weighted by Crippen LogP contribution is -2.51. The Morgan fingerprint density at radius 3 is 2.74 bits per heavy atom. The number of ether oxygens (including phenoxy) is 2. The molecule has 1 heterocycles. The minimum atomic E-state index is -0.421. The second-order valence-electron chi connectivity index (χ2n) is 8.14. The van der Waals surface area contributed by atoms with Gasteiger partial charge < -0.3 is 20.5 Å². The molecule has 3 N–H and O–H groups in total. The van der Waals surface area contributed by atoms with Crippen molar-refractivity contribution < 1.29 is 14.3 Å². The molecule has 152 valence electrons. The molecule has 5 nitrogen and oxygen atoms in total. The first-order valence-electron chi connectivity index (χ1n) is 9.86. The zero-order valence-corrected chi connectivity index (χ0v) is 17.3. The number of nitrogens with two attached hydrogens (primary N) is 1. The van der Waals surface area contributed by atoms with Crippen LogP contribution in [-0.2, 0) is 9.53 Å². The minimum Gasteiger partial charge on any atom is -0.493 e. The Morgan fingerprint density at radius 1 is 1.30 bits per heavy atom. The summed E-state index contributed by atoms with van der Waals surface area (Å²) in [6, 6.07) is 5.87. The number of amides is 1. The van der Waals surface area contributed by atoms with Crippen LogP contribution in [0, 0.1) is 18.8 Å². The minimum absolute atomic E-state index is 0. The van der Waals surface area contributed by atoms with Gasteiger partial charge in [0, 0.05) is 30.5 Å². The molecule has 27 heavy (non-hydrogen) atoms. The van der Waals surface area contributed by atoms with E-state index in [1.807, 2.05) is 32.0 Å². The lowest BCUT2D eigenvalue weighted by atomic mass is 9.74. The average Bonchev–Trinajstić information content (AvgIpc) is 2.62. The van der Waals surface area contributed by atoms with E-state index in [0.29, 0.717) is 12.5 Å². The van der Waals surface area contributed by atoms with E-state index in [9.17, 15) is 4.79 Å². The molecule has 3 rings (SSSR count). The van der Waals surface area contributed by atoms with Gasteiger partial charge in [-0.3, -0.25) is 4.79 Å². The molecule has 1 aromatic carbocycles. The predicted octanol–water partition coefficient (Wildman–Crippen LogP) is 4.07. The highest BCUT2D eigenvalue weighted by atomic mass is 35.5. The summed E-state index contributed by atoms with van der Waals surface area (Å²) in [6.45, 7) is 6.37. The topological polar surface area (TPSA) is 73.6 Å². The van der Waals surface area contributed by atoms with Gasteiger partial charge in [-0.05, 0) is 57.1 Å². The summed E-state index contributed by atoms with van der Waals surface area (Å²) in [5.74, 6) is 1.27. The summed E-state index contributed by atoms with van der Waals surface area (Å²) in [5.41, 5.74) is 7.81. The van der Waals surface area contributed by atoms with E-state index in [1.165, 1.54) is 0 Å². The first-order chi connectivity index (χ1) is 12.5. The fourth-order valence-corrected chi connectivity index (χ4v) is 3.97. The van der Waals surface area contributed by atoms with E-state index in [4.69, 9.17) is 15.2 Å². The Balaban J connectivity index is 0.00000261. The van der Waals surface area contributed by atoms with Crippen molar-refractivity contribution in [1.82, 2.24) is 0 Å². The third-order valence-corrected chi connectivity index (χ3v) is 5.84. The zero-order chi connectivity index (χ0) is 18.6.